The van der Waals surface area contributed by atoms with Crippen LogP contribution in [0.4, 0.5) is 4.79 Å². The molecular weight excluding hydrogens is 743 g/mol. The van der Waals surface area contributed by atoms with Crippen LogP contribution in [0.15, 0.2) is 30.3 Å². The number of cyclic esters (lactones) is 1. The van der Waals surface area contributed by atoms with Gasteiger partial charge in [-0.3, -0.25) is 9.59 Å². The maximum absolute atomic E-state index is 13.6. The Labute approximate surface area is 371 Å². The van der Waals surface area contributed by atoms with Crippen molar-refractivity contribution in [2.45, 2.75) is 271 Å². The second-order valence-corrected chi connectivity index (χ2v) is 18.4. The molecule has 3 atom stereocenters. The van der Waals surface area contributed by atoms with E-state index >= 15 is 0 Å². The fourth-order valence-corrected chi connectivity index (χ4v) is 8.84. The lowest BCUT2D eigenvalue weighted by atomic mass is 9.92. The molecule has 1 aromatic rings. The molecule has 0 radical (unpaired) electrons. The van der Waals surface area contributed by atoms with Crippen molar-refractivity contribution in [3.63, 3.8) is 0 Å². The fourth-order valence-electron chi connectivity index (χ4n) is 8.84. The monoisotopic (exact) mass is 840 g/mol. The van der Waals surface area contributed by atoms with Crippen LogP contribution in [0.2, 0.25) is 0 Å². The molecule has 60 heavy (non-hydrogen) atoms. The SMILES string of the molecule is CCCCCCCCCCCCC[C@@H](CCCCCCC)C(=O)N1C(=O)OC[C@@H]1Cc1ccccc1.CCCCCCCCCCCCC[C@@H](CCCCCCC)C(=O)O. The highest BCUT2D eigenvalue weighted by Gasteiger charge is 2.40. The van der Waals surface area contributed by atoms with Gasteiger partial charge < -0.3 is 9.84 Å². The first-order valence-electron chi connectivity index (χ1n) is 26.2. The minimum Gasteiger partial charge on any atom is -0.481 e. The summed E-state index contributed by atoms with van der Waals surface area (Å²) in [5, 5.41) is 9.34. The van der Waals surface area contributed by atoms with E-state index in [9.17, 15) is 19.5 Å². The molecule has 0 spiro atoms. The van der Waals surface area contributed by atoms with Crippen molar-refractivity contribution >= 4 is 18.0 Å². The van der Waals surface area contributed by atoms with Crippen molar-refractivity contribution in [2.75, 3.05) is 6.61 Å². The van der Waals surface area contributed by atoms with Gasteiger partial charge in [-0.25, -0.2) is 9.69 Å². The molecule has 1 N–H and O–H groups in total. The summed E-state index contributed by atoms with van der Waals surface area (Å²) in [4.78, 5) is 39.0. The van der Waals surface area contributed by atoms with Gasteiger partial charge in [0.1, 0.15) is 6.61 Å². The van der Waals surface area contributed by atoms with Gasteiger partial charge in [0, 0.05) is 5.92 Å². The maximum atomic E-state index is 13.6. The number of rotatable bonds is 40. The molecule has 1 heterocycles. The number of carboxylic acid groups (broad SMARTS) is 1. The Morgan fingerprint density at radius 3 is 1.17 bits per heavy atom. The average Bonchev–Trinajstić information content (AvgIpc) is 3.61. The van der Waals surface area contributed by atoms with E-state index in [4.69, 9.17) is 4.74 Å². The number of amides is 2. The van der Waals surface area contributed by atoms with E-state index in [1.54, 1.807) is 0 Å². The molecule has 1 aliphatic heterocycles. The summed E-state index contributed by atoms with van der Waals surface area (Å²) in [7, 11) is 0. The molecule has 0 aromatic heterocycles. The van der Waals surface area contributed by atoms with Crippen molar-refractivity contribution < 1.29 is 24.2 Å². The van der Waals surface area contributed by atoms with E-state index in [1.165, 1.54) is 185 Å². The van der Waals surface area contributed by atoms with Crippen LogP contribution in [0.3, 0.4) is 0 Å². The van der Waals surface area contributed by atoms with Crippen LogP contribution in [0.5, 0.6) is 0 Å². The Balaban J connectivity index is 0.000000654. The fraction of sp³-hybridized carbons (Fsp3) is 0.833. The molecule has 1 aromatic carbocycles. The van der Waals surface area contributed by atoms with E-state index in [1.807, 2.05) is 18.2 Å². The maximum Gasteiger partial charge on any atom is 0.416 e. The number of benzene rings is 1. The van der Waals surface area contributed by atoms with E-state index in [0.29, 0.717) is 13.0 Å². The molecule has 1 aliphatic rings. The first kappa shape index (κ1) is 55.6. The van der Waals surface area contributed by atoms with Crippen molar-refractivity contribution in [1.82, 2.24) is 4.90 Å². The second kappa shape index (κ2) is 40.7. The third kappa shape index (κ3) is 29.8. The Morgan fingerprint density at radius 2 is 0.833 bits per heavy atom. The molecule has 6 nitrogen and oxygen atoms in total. The number of carbonyl (C=O) groups excluding carboxylic acids is 2. The first-order chi connectivity index (χ1) is 29.4. The van der Waals surface area contributed by atoms with Crippen molar-refractivity contribution in [1.29, 1.82) is 0 Å². The average molecular weight is 840 g/mol. The van der Waals surface area contributed by atoms with Crippen LogP contribution in [-0.2, 0) is 20.7 Å². The normalized spacial score (nSPS) is 14.8. The predicted octanol–water partition coefficient (Wildman–Crippen LogP) is 17.0. The highest BCUT2D eigenvalue weighted by Crippen LogP contribution is 2.27. The number of hydrogen-bond donors (Lipinski definition) is 1. The highest BCUT2D eigenvalue weighted by molar-refractivity contribution is 5.94. The molecule has 2 amide bonds. The predicted molar refractivity (Wildman–Crippen MR) is 256 cm³/mol. The molecule has 6 heteroatoms. The molecule has 0 aliphatic carbocycles. The van der Waals surface area contributed by atoms with Gasteiger partial charge >= 0.3 is 12.1 Å². The summed E-state index contributed by atoms with van der Waals surface area (Å²) < 4.78 is 5.36. The molecule has 1 fully saturated rings. The van der Waals surface area contributed by atoms with Crippen LogP contribution in [0, 0.1) is 11.8 Å². The Bertz CT molecular complexity index is 1120. The quantitative estimate of drug-likeness (QED) is 0.0666. The largest absolute Gasteiger partial charge is 0.481 e. The second-order valence-electron chi connectivity index (χ2n) is 18.4. The molecule has 348 valence electrons. The Kier molecular flexibility index (Phi) is 37.7. The number of ether oxygens (including phenoxy) is 1. The molecule has 1 saturated heterocycles. The van der Waals surface area contributed by atoms with E-state index in [-0.39, 0.29) is 23.8 Å². The van der Waals surface area contributed by atoms with Gasteiger partial charge in [-0.2, -0.15) is 0 Å². The molecule has 0 bridgehead atoms. The van der Waals surface area contributed by atoms with Crippen LogP contribution >= 0.6 is 0 Å². The Hall–Kier alpha value is -2.37. The van der Waals surface area contributed by atoms with Crippen molar-refractivity contribution in [2.24, 2.45) is 11.8 Å². The smallest absolute Gasteiger partial charge is 0.416 e. The van der Waals surface area contributed by atoms with E-state index in [2.05, 4.69) is 39.8 Å². The first-order valence-corrected chi connectivity index (χ1v) is 26.2. The zero-order valence-electron chi connectivity index (χ0n) is 40.0. The van der Waals surface area contributed by atoms with Gasteiger partial charge in [-0.15, -0.1) is 0 Å². The van der Waals surface area contributed by atoms with E-state index in [0.717, 1.165) is 56.9 Å². The number of imide groups is 1. The standard InChI is InChI=1S/C32H53NO3.C22H44O2/c1-3-5-7-9-10-11-12-13-14-16-21-25-29(24-20-15-8-6-4-2)31(34)33-30(27-36-32(33)35)26-28-22-18-17-19-23-28;1-3-5-7-9-10-11-12-13-14-16-18-20-21(22(23)24)19-17-15-8-6-4-2/h17-19,22-23,29-30H,3-16,20-21,24-27H2,1-2H3;21H,3-20H2,1-2H3,(H,23,24)/t29-,30+;21-/m11/s1. The van der Waals surface area contributed by atoms with Crippen LogP contribution in [0.1, 0.15) is 264 Å². The van der Waals surface area contributed by atoms with Crippen molar-refractivity contribution in [3.05, 3.63) is 35.9 Å². The van der Waals surface area contributed by atoms with Gasteiger partial charge in [0.05, 0.1) is 12.0 Å². The van der Waals surface area contributed by atoms with Gasteiger partial charge in [0.25, 0.3) is 0 Å². The highest BCUT2D eigenvalue weighted by atomic mass is 16.6. The van der Waals surface area contributed by atoms with Gasteiger partial charge in [-0.05, 0) is 37.7 Å². The molecule has 0 saturated carbocycles. The van der Waals surface area contributed by atoms with Gasteiger partial charge in [-0.1, -0.05) is 263 Å². The number of aliphatic carboxylic acids is 1. The zero-order chi connectivity index (χ0) is 43.7. The third-order valence-electron chi connectivity index (χ3n) is 12.8. The number of unbranched alkanes of at least 4 members (excludes halogenated alkanes) is 28. The summed E-state index contributed by atoms with van der Waals surface area (Å²) in [5.41, 5.74) is 1.14. The summed E-state index contributed by atoms with van der Waals surface area (Å²) in [6.45, 7) is 9.28. The lowest BCUT2D eigenvalue weighted by molar-refractivity contribution is -0.142. The topological polar surface area (TPSA) is 83.9 Å². The minimum atomic E-state index is -0.572. The van der Waals surface area contributed by atoms with Crippen LogP contribution in [-0.4, -0.2) is 40.6 Å². The lowest BCUT2D eigenvalue weighted by Gasteiger charge is -2.25. The lowest BCUT2D eigenvalue weighted by Crippen LogP contribution is -2.43. The zero-order valence-corrected chi connectivity index (χ0v) is 40.0. The number of carbonyl (C=O) groups is 3. The molecular formula is C54H97NO5. The van der Waals surface area contributed by atoms with Gasteiger partial charge in [0.15, 0.2) is 0 Å². The van der Waals surface area contributed by atoms with E-state index < -0.39 is 12.1 Å². The molecule has 0 unspecified atom stereocenters. The van der Waals surface area contributed by atoms with Crippen molar-refractivity contribution in [3.8, 4) is 0 Å². The minimum absolute atomic E-state index is 0.000928. The Morgan fingerprint density at radius 1 is 0.517 bits per heavy atom. The molecule has 2 rings (SSSR count). The van der Waals surface area contributed by atoms with Crippen LogP contribution in [0.25, 0.3) is 0 Å². The van der Waals surface area contributed by atoms with Crippen LogP contribution < -0.4 is 0 Å². The summed E-state index contributed by atoms with van der Waals surface area (Å²) in [6.07, 6.45) is 44.9. The summed E-state index contributed by atoms with van der Waals surface area (Å²) >= 11 is 0. The van der Waals surface area contributed by atoms with Gasteiger partial charge in [0.2, 0.25) is 5.91 Å². The number of hydrogen-bond acceptors (Lipinski definition) is 4. The summed E-state index contributed by atoms with van der Waals surface area (Å²) in [6, 6.07) is 9.93. The number of carboxylic acids is 1. The third-order valence-corrected chi connectivity index (χ3v) is 12.8. The number of nitrogens with zero attached hydrogens (tertiary/aromatic N) is 1. The summed E-state index contributed by atoms with van der Waals surface area (Å²) in [5.74, 6) is -0.724.